The number of nitrogens with zero attached hydrogens (tertiary/aromatic N) is 1. The maximum absolute atomic E-state index is 11.6. The maximum Gasteiger partial charge on any atom is 0.250 e. The molecule has 1 amide bonds. The Balaban J connectivity index is 2.24. The lowest BCUT2D eigenvalue weighted by Crippen LogP contribution is -2.13. The summed E-state index contributed by atoms with van der Waals surface area (Å²) in [6.07, 6.45) is 1.67. The van der Waals surface area contributed by atoms with Gasteiger partial charge in [-0.25, -0.2) is 0 Å². The Morgan fingerprint density at radius 3 is 2.19 bits per heavy atom. The first-order valence-corrected chi connectivity index (χ1v) is 6.67. The lowest BCUT2D eigenvalue weighted by Gasteiger charge is -2.11. The minimum atomic E-state index is -0.471. The van der Waals surface area contributed by atoms with Gasteiger partial charge in [-0.15, -0.1) is 0 Å². The number of nitrogens with two attached hydrogens (primary N) is 1. The van der Waals surface area contributed by atoms with Crippen LogP contribution in [0.3, 0.4) is 0 Å². The van der Waals surface area contributed by atoms with Crippen LogP contribution in [0.5, 0.6) is 0 Å². The Morgan fingerprint density at radius 2 is 1.48 bits per heavy atom. The Kier molecular flexibility index (Phi) is 3.48. The van der Waals surface area contributed by atoms with Crippen molar-refractivity contribution in [2.75, 3.05) is 0 Å². The molecule has 3 heteroatoms. The molecule has 2 N–H and O–H groups in total. The highest BCUT2D eigenvalue weighted by Crippen LogP contribution is 2.32. The third kappa shape index (κ3) is 2.54. The SMILES string of the molecule is NC(=O)c1cccnc1-c1ccccc1-c1ccccc1. The van der Waals surface area contributed by atoms with E-state index in [-0.39, 0.29) is 0 Å². The molecule has 0 saturated carbocycles. The number of pyridine rings is 1. The van der Waals surface area contributed by atoms with Gasteiger partial charge in [0, 0.05) is 11.8 Å². The van der Waals surface area contributed by atoms with Crippen molar-refractivity contribution in [3.8, 4) is 22.4 Å². The normalized spacial score (nSPS) is 10.3. The lowest BCUT2D eigenvalue weighted by molar-refractivity contribution is 0.100. The van der Waals surface area contributed by atoms with Gasteiger partial charge < -0.3 is 5.73 Å². The van der Waals surface area contributed by atoms with Crippen LogP contribution in [0.1, 0.15) is 10.4 Å². The van der Waals surface area contributed by atoms with E-state index in [1.54, 1.807) is 18.3 Å². The number of carbonyl (C=O) groups is 1. The number of hydrogen-bond acceptors (Lipinski definition) is 2. The highest BCUT2D eigenvalue weighted by molar-refractivity contribution is 6.00. The summed E-state index contributed by atoms with van der Waals surface area (Å²) in [5.41, 5.74) is 9.51. The second-order valence-electron chi connectivity index (χ2n) is 4.68. The van der Waals surface area contributed by atoms with Crippen LogP contribution in [0.25, 0.3) is 22.4 Å². The van der Waals surface area contributed by atoms with Crippen LogP contribution in [0.15, 0.2) is 72.9 Å². The van der Waals surface area contributed by atoms with Crippen LogP contribution in [-0.2, 0) is 0 Å². The summed E-state index contributed by atoms with van der Waals surface area (Å²) >= 11 is 0. The monoisotopic (exact) mass is 274 g/mol. The highest BCUT2D eigenvalue weighted by atomic mass is 16.1. The molecule has 3 rings (SSSR count). The first-order valence-electron chi connectivity index (χ1n) is 6.67. The molecule has 0 aliphatic heterocycles. The average molecular weight is 274 g/mol. The standard InChI is InChI=1S/C18H14N2O/c19-18(21)16-11-6-12-20-17(16)15-10-5-4-9-14(15)13-7-2-1-3-8-13/h1-12H,(H2,19,21). The van der Waals surface area contributed by atoms with Gasteiger partial charge in [0.1, 0.15) is 0 Å². The zero-order valence-electron chi connectivity index (χ0n) is 11.4. The summed E-state index contributed by atoms with van der Waals surface area (Å²) in [6.45, 7) is 0. The van der Waals surface area contributed by atoms with E-state index in [0.29, 0.717) is 11.3 Å². The van der Waals surface area contributed by atoms with Gasteiger partial charge in [0.2, 0.25) is 0 Å². The first kappa shape index (κ1) is 13.1. The van der Waals surface area contributed by atoms with Crippen molar-refractivity contribution in [1.82, 2.24) is 4.98 Å². The zero-order chi connectivity index (χ0) is 14.7. The summed E-state index contributed by atoms with van der Waals surface area (Å²) in [5, 5.41) is 0. The molecule has 0 radical (unpaired) electrons. The van der Waals surface area contributed by atoms with Gasteiger partial charge in [0.25, 0.3) is 5.91 Å². The molecular formula is C18H14N2O. The summed E-state index contributed by atoms with van der Waals surface area (Å²) in [5.74, 6) is -0.471. The highest BCUT2D eigenvalue weighted by Gasteiger charge is 2.14. The molecule has 0 unspecified atom stereocenters. The van der Waals surface area contributed by atoms with E-state index in [0.717, 1.165) is 16.7 Å². The van der Waals surface area contributed by atoms with Crippen LogP contribution in [-0.4, -0.2) is 10.9 Å². The number of benzene rings is 2. The van der Waals surface area contributed by atoms with Crippen LogP contribution >= 0.6 is 0 Å². The van der Waals surface area contributed by atoms with Gasteiger partial charge >= 0.3 is 0 Å². The number of amides is 1. The molecule has 102 valence electrons. The predicted molar refractivity (Wildman–Crippen MR) is 83.6 cm³/mol. The van der Waals surface area contributed by atoms with Crippen LogP contribution in [0.2, 0.25) is 0 Å². The van der Waals surface area contributed by atoms with Crippen molar-refractivity contribution in [3.63, 3.8) is 0 Å². The van der Waals surface area contributed by atoms with Gasteiger partial charge in [-0.1, -0.05) is 54.6 Å². The fourth-order valence-electron chi connectivity index (χ4n) is 2.38. The summed E-state index contributed by atoms with van der Waals surface area (Å²) in [4.78, 5) is 16.0. The molecular weight excluding hydrogens is 260 g/mol. The van der Waals surface area contributed by atoms with Crippen LogP contribution in [0, 0.1) is 0 Å². The summed E-state index contributed by atoms with van der Waals surface area (Å²) in [6, 6.07) is 21.3. The van der Waals surface area contributed by atoms with Crippen molar-refractivity contribution < 1.29 is 4.79 Å². The van der Waals surface area contributed by atoms with E-state index in [4.69, 9.17) is 5.73 Å². The van der Waals surface area contributed by atoms with E-state index in [1.807, 2.05) is 54.6 Å². The second-order valence-corrected chi connectivity index (χ2v) is 4.68. The molecule has 0 bridgehead atoms. The number of rotatable bonds is 3. The van der Waals surface area contributed by atoms with Gasteiger partial charge in [-0.05, 0) is 23.3 Å². The Bertz CT molecular complexity index is 782. The number of primary amides is 1. The fourth-order valence-corrected chi connectivity index (χ4v) is 2.38. The largest absolute Gasteiger partial charge is 0.366 e. The topological polar surface area (TPSA) is 56.0 Å². The molecule has 3 aromatic rings. The van der Waals surface area contributed by atoms with E-state index in [2.05, 4.69) is 4.98 Å². The van der Waals surface area contributed by atoms with E-state index >= 15 is 0 Å². The van der Waals surface area contributed by atoms with Gasteiger partial charge in [0.15, 0.2) is 0 Å². The molecule has 1 heterocycles. The Hall–Kier alpha value is -2.94. The number of aromatic nitrogens is 1. The van der Waals surface area contributed by atoms with Gasteiger partial charge in [0.05, 0.1) is 11.3 Å². The van der Waals surface area contributed by atoms with E-state index in [9.17, 15) is 4.79 Å². The molecule has 0 aliphatic rings. The number of hydrogen-bond donors (Lipinski definition) is 1. The first-order chi connectivity index (χ1) is 10.3. The van der Waals surface area contributed by atoms with Crippen molar-refractivity contribution in [3.05, 3.63) is 78.5 Å². The Labute approximate surface area is 123 Å². The van der Waals surface area contributed by atoms with Crippen molar-refractivity contribution in [2.45, 2.75) is 0 Å². The molecule has 21 heavy (non-hydrogen) atoms. The quantitative estimate of drug-likeness (QED) is 0.794. The lowest BCUT2D eigenvalue weighted by atomic mass is 9.95. The number of carbonyl (C=O) groups excluding carboxylic acids is 1. The van der Waals surface area contributed by atoms with Gasteiger partial charge in [-0.2, -0.15) is 0 Å². The molecule has 0 saturated heterocycles. The molecule has 3 nitrogen and oxygen atoms in total. The van der Waals surface area contributed by atoms with E-state index in [1.165, 1.54) is 0 Å². The summed E-state index contributed by atoms with van der Waals surface area (Å²) in [7, 11) is 0. The maximum atomic E-state index is 11.6. The third-order valence-electron chi connectivity index (χ3n) is 3.34. The molecule has 0 fully saturated rings. The predicted octanol–water partition coefficient (Wildman–Crippen LogP) is 3.51. The zero-order valence-corrected chi connectivity index (χ0v) is 11.4. The van der Waals surface area contributed by atoms with Gasteiger partial charge in [-0.3, -0.25) is 9.78 Å². The minimum Gasteiger partial charge on any atom is -0.366 e. The van der Waals surface area contributed by atoms with Crippen molar-refractivity contribution in [1.29, 1.82) is 0 Å². The van der Waals surface area contributed by atoms with Crippen molar-refractivity contribution >= 4 is 5.91 Å². The fraction of sp³-hybridized carbons (Fsp3) is 0. The molecule has 0 aliphatic carbocycles. The summed E-state index contributed by atoms with van der Waals surface area (Å²) < 4.78 is 0. The third-order valence-corrected chi connectivity index (χ3v) is 3.34. The molecule has 1 aromatic heterocycles. The average Bonchev–Trinajstić information content (AvgIpc) is 2.55. The molecule has 2 aromatic carbocycles. The van der Waals surface area contributed by atoms with E-state index < -0.39 is 5.91 Å². The Morgan fingerprint density at radius 1 is 0.810 bits per heavy atom. The second kappa shape index (κ2) is 5.59. The molecule has 0 spiro atoms. The van der Waals surface area contributed by atoms with Crippen molar-refractivity contribution in [2.24, 2.45) is 5.73 Å². The minimum absolute atomic E-state index is 0.431. The van der Waals surface area contributed by atoms with Crippen LogP contribution < -0.4 is 5.73 Å². The smallest absolute Gasteiger partial charge is 0.250 e. The molecule has 0 atom stereocenters. The van der Waals surface area contributed by atoms with Crippen LogP contribution in [0.4, 0.5) is 0 Å².